The lowest BCUT2D eigenvalue weighted by Crippen LogP contribution is -2.43. The first kappa shape index (κ1) is 15.2. The molecule has 4 heteroatoms. The maximum atomic E-state index is 6.09. The average molecular weight is 270 g/mol. The van der Waals surface area contributed by atoms with Crippen LogP contribution in [-0.4, -0.2) is 38.5 Å². The van der Waals surface area contributed by atoms with Crippen molar-refractivity contribution in [3.05, 3.63) is 0 Å². The highest BCUT2D eigenvalue weighted by molar-refractivity contribution is 4.88. The van der Waals surface area contributed by atoms with Crippen LogP contribution in [0.3, 0.4) is 0 Å². The fourth-order valence-corrected chi connectivity index (χ4v) is 3.91. The summed E-state index contributed by atoms with van der Waals surface area (Å²) in [6, 6.07) is 0.459. The number of ether oxygens (including phenoxy) is 2. The van der Waals surface area contributed by atoms with E-state index in [-0.39, 0.29) is 24.3 Å². The van der Waals surface area contributed by atoms with E-state index in [2.05, 4.69) is 0 Å². The van der Waals surface area contributed by atoms with Crippen LogP contribution in [0, 0.1) is 11.8 Å². The molecule has 2 saturated carbocycles. The monoisotopic (exact) mass is 270 g/mol. The van der Waals surface area contributed by atoms with Crippen molar-refractivity contribution in [2.75, 3.05) is 14.2 Å². The standard InChI is InChI=1S/C15H30N2O2/c1-18-14-8-10(3-5-12(14)16)7-11-4-6-13(17)15(9-11)19-2/h10-15H,3-9,16-17H2,1-2H3. The molecule has 0 radical (unpaired) electrons. The Morgan fingerprint density at radius 2 is 1.21 bits per heavy atom. The fourth-order valence-electron chi connectivity index (χ4n) is 3.91. The third-order valence-corrected chi connectivity index (χ3v) is 5.18. The molecule has 4 N–H and O–H groups in total. The highest BCUT2D eigenvalue weighted by atomic mass is 16.5. The second-order valence-electron chi connectivity index (χ2n) is 6.47. The minimum atomic E-state index is 0.229. The Morgan fingerprint density at radius 3 is 1.58 bits per heavy atom. The quantitative estimate of drug-likeness (QED) is 0.815. The van der Waals surface area contributed by atoms with Gasteiger partial charge in [-0.25, -0.2) is 0 Å². The van der Waals surface area contributed by atoms with Gasteiger partial charge in [0.15, 0.2) is 0 Å². The second kappa shape index (κ2) is 7.02. The van der Waals surface area contributed by atoms with E-state index in [1.165, 1.54) is 19.3 Å². The molecule has 0 heterocycles. The fraction of sp³-hybridized carbons (Fsp3) is 1.00. The largest absolute Gasteiger partial charge is 0.380 e. The molecule has 2 aliphatic rings. The van der Waals surface area contributed by atoms with Gasteiger partial charge < -0.3 is 20.9 Å². The number of rotatable bonds is 4. The van der Waals surface area contributed by atoms with Crippen molar-refractivity contribution in [3.63, 3.8) is 0 Å². The highest BCUT2D eigenvalue weighted by Gasteiger charge is 2.33. The molecule has 0 aromatic rings. The van der Waals surface area contributed by atoms with Crippen LogP contribution in [0.4, 0.5) is 0 Å². The Bertz CT molecular complexity index is 249. The van der Waals surface area contributed by atoms with Gasteiger partial charge in [0, 0.05) is 26.3 Å². The minimum Gasteiger partial charge on any atom is -0.380 e. The maximum Gasteiger partial charge on any atom is 0.0724 e. The van der Waals surface area contributed by atoms with Gasteiger partial charge in [0.25, 0.3) is 0 Å². The summed E-state index contributed by atoms with van der Waals surface area (Å²) in [5.41, 5.74) is 12.2. The Balaban J connectivity index is 1.81. The van der Waals surface area contributed by atoms with Crippen molar-refractivity contribution in [2.45, 2.75) is 69.2 Å². The summed E-state index contributed by atoms with van der Waals surface area (Å²) >= 11 is 0. The van der Waals surface area contributed by atoms with Gasteiger partial charge in [-0.15, -0.1) is 0 Å². The number of hydrogen-bond acceptors (Lipinski definition) is 4. The Labute approximate surface area is 117 Å². The predicted molar refractivity (Wildman–Crippen MR) is 76.8 cm³/mol. The zero-order valence-corrected chi connectivity index (χ0v) is 12.4. The van der Waals surface area contributed by atoms with E-state index >= 15 is 0 Å². The van der Waals surface area contributed by atoms with Gasteiger partial charge in [-0.05, 0) is 56.8 Å². The van der Waals surface area contributed by atoms with Gasteiger partial charge in [-0.2, -0.15) is 0 Å². The highest BCUT2D eigenvalue weighted by Crippen LogP contribution is 2.36. The molecule has 0 bridgehead atoms. The number of nitrogens with two attached hydrogens (primary N) is 2. The summed E-state index contributed by atoms with van der Waals surface area (Å²) in [5, 5.41) is 0. The van der Waals surface area contributed by atoms with Crippen LogP contribution in [0.2, 0.25) is 0 Å². The number of hydrogen-bond donors (Lipinski definition) is 2. The van der Waals surface area contributed by atoms with Crippen molar-refractivity contribution < 1.29 is 9.47 Å². The van der Waals surface area contributed by atoms with E-state index in [4.69, 9.17) is 20.9 Å². The van der Waals surface area contributed by atoms with Gasteiger partial charge in [0.2, 0.25) is 0 Å². The lowest BCUT2D eigenvalue weighted by Gasteiger charge is -2.38. The first-order chi connectivity index (χ1) is 9.13. The molecule has 2 aliphatic carbocycles. The van der Waals surface area contributed by atoms with E-state index < -0.39 is 0 Å². The molecular weight excluding hydrogens is 240 g/mol. The molecular formula is C15H30N2O2. The molecule has 0 aliphatic heterocycles. The zero-order chi connectivity index (χ0) is 13.8. The first-order valence-corrected chi connectivity index (χ1v) is 7.70. The molecule has 2 fully saturated rings. The SMILES string of the molecule is COC1CC(CC2CCC(N)C(OC)C2)CCC1N. The molecule has 6 atom stereocenters. The summed E-state index contributed by atoms with van der Waals surface area (Å²) in [4.78, 5) is 0. The van der Waals surface area contributed by atoms with Crippen LogP contribution >= 0.6 is 0 Å². The van der Waals surface area contributed by atoms with Crippen molar-refractivity contribution in [1.29, 1.82) is 0 Å². The van der Waals surface area contributed by atoms with Gasteiger partial charge in [0.05, 0.1) is 12.2 Å². The van der Waals surface area contributed by atoms with Crippen LogP contribution < -0.4 is 11.5 Å². The Morgan fingerprint density at radius 1 is 0.789 bits per heavy atom. The Hall–Kier alpha value is -0.160. The lowest BCUT2D eigenvalue weighted by atomic mass is 9.74. The van der Waals surface area contributed by atoms with Gasteiger partial charge >= 0.3 is 0 Å². The number of methoxy groups -OCH3 is 2. The topological polar surface area (TPSA) is 70.5 Å². The molecule has 19 heavy (non-hydrogen) atoms. The van der Waals surface area contributed by atoms with Crippen LogP contribution in [0.1, 0.15) is 44.9 Å². The van der Waals surface area contributed by atoms with Gasteiger partial charge in [0.1, 0.15) is 0 Å². The van der Waals surface area contributed by atoms with E-state index in [1.54, 1.807) is 14.2 Å². The molecule has 0 aromatic heterocycles. The lowest BCUT2D eigenvalue weighted by molar-refractivity contribution is 0.0109. The molecule has 0 amide bonds. The molecule has 0 aromatic carbocycles. The van der Waals surface area contributed by atoms with E-state index in [9.17, 15) is 0 Å². The average Bonchev–Trinajstić information content (AvgIpc) is 2.43. The predicted octanol–water partition coefficient (Wildman–Crippen LogP) is 1.66. The van der Waals surface area contributed by atoms with Crippen molar-refractivity contribution in [1.82, 2.24) is 0 Å². The van der Waals surface area contributed by atoms with Crippen molar-refractivity contribution in [3.8, 4) is 0 Å². The molecule has 0 saturated heterocycles. The summed E-state index contributed by atoms with van der Waals surface area (Å²) in [7, 11) is 3.57. The third kappa shape index (κ3) is 3.91. The third-order valence-electron chi connectivity index (χ3n) is 5.18. The Kier molecular flexibility index (Phi) is 5.63. The second-order valence-corrected chi connectivity index (χ2v) is 6.47. The first-order valence-electron chi connectivity index (χ1n) is 7.70. The van der Waals surface area contributed by atoms with Crippen molar-refractivity contribution in [2.24, 2.45) is 23.3 Å². The van der Waals surface area contributed by atoms with Crippen LogP contribution in [0.25, 0.3) is 0 Å². The molecule has 4 nitrogen and oxygen atoms in total. The molecule has 0 spiro atoms. The summed E-state index contributed by atoms with van der Waals surface area (Å²) in [6.45, 7) is 0. The summed E-state index contributed by atoms with van der Waals surface area (Å²) in [5.74, 6) is 1.53. The normalized spacial score (nSPS) is 44.2. The van der Waals surface area contributed by atoms with E-state index in [1.807, 2.05) is 0 Å². The van der Waals surface area contributed by atoms with Gasteiger partial charge in [-0.1, -0.05) is 0 Å². The van der Waals surface area contributed by atoms with Crippen LogP contribution in [0.5, 0.6) is 0 Å². The smallest absolute Gasteiger partial charge is 0.0724 e. The van der Waals surface area contributed by atoms with Gasteiger partial charge in [-0.3, -0.25) is 0 Å². The van der Waals surface area contributed by atoms with E-state index in [0.717, 1.165) is 37.5 Å². The summed E-state index contributed by atoms with van der Waals surface area (Å²) < 4.78 is 11.0. The van der Waals surface area contributed by atoms with Crippen LogP contribution in [0.15, 0.2) is 0 Å². The molecule has 2 rings (SSSR count). The summed E-state index contributed by atoms with van der Waals surface area (Å²) in [6.07, 6.45) is 8.74. The zero-order valence-electron chi connectivity index (χ0n) is 12.4. The molecule has 6 unspecified atom stereocenters. The minimum absolute atomic E-state index is 0.229. The molecule has 112 valence electrons. The maximum absolute atomic E-state index is 6.09. The van der Waals surface area contributed by atoms with E-state index in [0.29, 0.717) is 0 Å². The van der Waals surface area contributed by atoms with Crippen molar-refractivity contribution >= 4 is 0 Å². The van der Waals surface area contributed by atoms with Crippen LogP contribution in [-0.2, 0) is 9.47 Å².